The number of aromatic hydroxyl groups is 1. The van der Waals surface area contributed by atoms with Crippen molar-refractivity contribution < 1.29 is 14.9 Å². The Labute approximate surface area is 152 Å². The van der Waals surface area contributed by atoms with Gasteiger partial charge in [0.15, 0.2) is 0 Å². The highest BCUT2D eigenvalue weighted by atomic mass is 16.5. The van der Waals surface area contributed by atoms with E-state index < -0.39 is 11.7 Å². The highest BCUT2D eigenvalue weighted by Gasteiger charge is 2.40. The molecule has 138 valence electrons. The van der Waals surface area contributed by atoms with E-state index in [1.54, 1.807) is 6.07 Å². The van der Waals surface area contributed by atoms with Gasteiger partial charge in [-0.3, -0.25) is 0 Å². The van der Waals surface area contributed by atoms with Crippen LogP contribution in [0.4, 0.5) is 0 Å². The summed E-state index contributed by atoms with van der Waals surface area (Å²) in [4.78, 5) is 0. The molecule has 1 aliphatic rings. The van der Waals surface area contributed by atoms with Crippen LogP contribution in [-0.2, 0) is 6.42 Å². The van der Waals surface area contributed by atoms with Crippen molar-refractivity contribution in [1.29, 1.82) is 0 Å². The van der Waals surface area contributed by atoms with Crippen LogP contribution < -0.4 is 4.74 Å². The topological polar surface area (TPSA) is 49.7 Å². The molecule has 0 aliphatic carbocycles. The lowest BCUT2D eigenvalue weighted by atomic mass is 9.85. The summed E-state index contributed by atoms with van der Waals surface area (Å²) >= 11 is 0. The SMILES string of the molecule is CC(C)=CCC/C(C)=C/CC[C@]1(C)Oc2cc(C)cc(O)c2C[C@H]1O. The molecule has 25 heavy (non-hydrogen) atoms. The number of fused-ring (bicyclic) bond motifs is 1. The monoisotopic (exact) mass is 344 g/mol. The summed E-state index contributed by atoms with van der Waals surface area (Å²) in [5, 5.41) is 20.7. The molecule has 1 aliphatic heterocycles. The fourth-order valence-corrected chi connectivity index (χ4v) is 3.30. The third kappa shape index (κ3) is 5.12. The number of rotatable bonds is 6. The van der Waals surface area contributed by atoms with E-state index in [4.69, 9.17) is 4.74 Å². The second-order valence-corrected chi connectivity index (χ2v) is 7.80. The molecule has 0 spiro atoms. The molecule has 1 aromatic carbocycles. The molecule has 1 aromatic rings. The Kier molecular flexibility index (Phi) is 6.34. The lowest BCUT2D eigenvalue weighted by molar-refractivity contribution is -0.0592. The molecule has 3 nitrogen and oxygen atoms in total. The molecule has 0 saturated heterocycles. The van der Waals surface area contributed by atoms with E-state index in [1.165, 1.54) is 11.1 Å². The average molecular weight is 344 g/mol. The fourth-order valence-electron chi connectivity index (χ4n) is 3.30. The summed E-state index contributed by atoms with van der Waals surface area (Å²) in [6, 6.07) is 3.66. The maximum atomic E-state index is 10.6. The minimum Gasteiger partial charge on any atom is -0.508 e. The van der Waals surface area contributed by atoms with Crippen molar-refractivity contribution in [3.63, 3.8) is 0 Å². The van der Waals surface area contributed by atoms with Gasteiger partial charge in [-0.15, -0.1) is 0 Å². The van der Waals surface area contributed by atoms with Crippen molar-refractivity contribution in [2.45, 2.75) is 78.4 Å². The Morgan fingerprint density at radius 1 is 1.24 bits per heavy atom. The van der Waals surface area contributed by atoms with E-state index >= 15 is 0 Å². The molecular formula is C22H32O3. The van der Waals surface area contributed by atoms with Gasteiger partial charge in [0.25, 0.3) is 0 Å². The lowest BCUT2D eigenvalue weighted by Crippen LogP contribution is -2.48. The second-order valence-electron chi connectivity index (χ2n) is 7.80. The third-order valence-electron chi connectivity index (χ3n) is 5.00. The van der Waals surface area contributed by atoms with Crippen molar-refractivity contribution in [3.05, 3.63) is 46.6 Å². The molecular weight excluding hydrogens is 312 g/mol. The molecule has 2 N–H and O–H groups in total. The maximum absolute atomic E-state index is 10.6. The number of aliphatic hydroxyl groups excluding tert-OH is 1. The fraction of sp³-hybridized carbons (Fsp3) is 0.545. The highest BCUT2D eigenvalue weighted by molar-refractivity contribution is 5.49. The quantitative estimate of drug-likeness (QED) is 0.695. The van der Waals surface area contributed by atoms with Gasteiger partial charge in [-0.2, -0.15) is 0 Å². The van der Waals surface area contributed by atoms with Gasteiger partial charge in [0.05, 0.1) is 6.10 Å². The highest BCUT2D eigenvalue weighted by Crippen LogP contribution is 2.40. The van der Waals surface area contributed by atoms with E-state index in [1.807, 2.05) is 19.9 Å². The molecule has 0 radical (unpaired) electrons. The number of phenolic OH excluding ortho intramolecular Hbond substituents is 1. The molecule has 2 rings (SSSR count). The number of phenols is 1. The summed E-state index contributed by atoms with van der Waals surface area (Å²) in [6.45, 7) is 10.3. The van der Waals surface area contributed by atoms with Gasteiger partial charge in [0.2, 0.25) is 0 Å². The van der Waals surface area contributed by atoms with Crippen LogP contribution in [0.25, 0.3) is 0 Å². The molecule has 0 amide bonds. The van der Waals surface area contributed by atoms with E-state index in [9.17, 15) is 10.2 Å². The Hall–Kier alpha value is -1.74. The summed E-state index contributed by atoms with van der Waals surface area (Å²) in [5.74, 6) is 0.917. The van der Waals surface area contributed by atoms with Crippen LogP contribution in [0.15, 0.2) is 35.4 Å². The summed E-state index contributed by atoms with van der Waals surface area (Å²) < 4.78 is 6.14. The molecule has 2 atom stereocenters. The van der Waals surface area contributed by atoms with Crippen LogP contribution in [0.3, 0.4) is 0 Å². The summed E-state index contributed by atoms with van der Waals surface area (Å²) in [6.07, 6.45) is 8.11. The minimum absolute atomic E-state index is 0.214. The smallest absolute Gasteiger partial charge is 0.133 e. The predicted molar refractivity (Wildman–Crippen MR) is 103 cm³/mol. The second kappa shape index (κ2) is 8.09. The average Bonchev–Trinajstić information content (AvgIpc) is 2.49. The Morgan fingerprint density at radius 3 is 2.64 bits per heavy atom. The normalized spacial score (nSPS) is 23.0. The summed E-state index contributed by atoms with van der Waals surface area (Å²) in [5.41, 5.74) is 3.79. The van der Waals surface area contributed by atoms with Gasteiger partial charge < -0.3 is 14.9 Å². The van der Waals surface area contributed by atoms with E-state index in [0.29, 0.717) is 17.7 Å². The van der Waals surface area contributed by atoms with Gasteiger partial charge in [0, 0.05) is 12.0 Å². The zero-order chi connectivity index (χ0) is 18.6. The lowest BCUT2D eigenvalue weighted by Gasteiger charge is -2.40. The van der Waals surface area contributed by atoms with Gasteiger partial charge in [0.1, 0.15) is 17.1 Å². The number of hydrogen-bond donors (Lipinski definition) is 2. The van der Waals surface area contributed by atoms with E-state index in [2.05, 4.69) is 32.9 Å². The minimum atomic E-state index is -0.621. The number of hydrogen-bond acceptors (Lipinski definition) is 3. The zero-order valence-corrected chi connectivity index (χ0v) is 16.2. The van der Waals surface area contributed by atoms with Crippen LogP contribution in [0.1, 0.15) is 64.5 Å². The maximum Gasteiger partial charge on any atom is 0.133 e. The molecule has 0 unspecified atom stereocenters. The van der Waals surface area contributed by atoms with Crippen molar-refractivity contribution in [2.24, 2.45) is 0 Å². The van der Waals surface area contributed by atoms with Gasteiger partial charge in [-0.1, -0.05) is 23.3 Å². The van der Waals surface area contributed by atoms with Crippen LogP contribution in [0.2, 0.25) is 0 Å². The Bertz CT molecular complexity index is 668. The van der Waals surface area contributed by atoms with Crippen LogP contribution >= 0.6 is 0 Å². The van der Waals surface area contributed by atoms with Crippen LogP contribution in [0.5, 0.6) is 11.5 Å². The zero-order valence-electron chi connectivity index (χ0n) is 16.2. The van der Waals surface area contributed by atoms with Gasteiger partial charge >= 0.3 is 0 Å². The first-order valence-corrected chi connectivity index (χ1v) is 9.20. The number of ether oxygens (including phenoxy) is 1. The molecule has 1 heterocycles. The van der Waals surface area contributed by atoms with Crippen LogP contribution in [-0.4, -0.2) is 21.9 Å². The van der Waals surface area contributed by atoms with Gasteiger partial charge in [-0.05, 0) is 78.0 Å². The van der Waals surface area contributed by atoms with Crippen molar-refractivity contribution in [2.75, 3.05) is 0 Å². The predicted octanol–water partition coefficient (Wildman–Crippen LogP) is 5.23. The van der Waals surface area contributed by atoms with Crippen molar-refractivity contribution >= 4 is 0 Å². The molecule has 3 heteroatoms. The number of allylic oxidation sites excluding steroid dienone is 4. The number of aliphatic hydroxyl groups is 1. The molecule has 0 saturated carbocycles. The van der Waals surface area contributed by atoms with Crippen molar-refractivity contribution in [3.8, 4) is 11.5 Å². The number of aryl methyl sites for hydroxylation is 1. The van der Waals surface area contributed by atoms with E-state index in [0.717, 1.165) is 31.2 Å². The van der Waals surface area contributed by atoms with Gasteiger partial charge in [-0.25, -0.2) is 0 Å². The largest absolute Gasteiger partial charge is 0.508 e. The first kappa shape index (κ1) is 19.6. The molecule has 0 fully saturated rings. The summed E-state index contributed by atoms with van der Waals surface area (Å²) in [7, 11) is 0. The number of benzene rings is 1. The molecule has 0 aromatic heterocycles. The van der Waals surface area contributed by atoms with E-state index in [-0.39, 0.29) is 5.75 Å². The molecule has 0 bridgehead atoms. The first-order chi connectivity index (χ1) is 11.7. The Morgan fingerprint density at radius 2 is 1.96 bits per heavy atom. The van der Waals surface area contributed by atoms with Crippen molar-refractivity contribution in [1.82, 2.24) is 0 Å². The third-order valence-corrected chi connectivity index (χ3v) is 5.00. The standard InChI is InChI=1S/C22H32O3/c1-15(2)8-6-9-16(3)10-7-11-22(5)21(24)14-18-19(23)12-17(4)13-20(18)25-22/h8,10,12-13,21,23-24H,6-7,9,11,14H2,1-5H3/b16-10+/t21-,22+/m1/s1. The van der Waals surface area contributed by atoms with Crippen LogP contribution in [0, 0.1) is 6.92 Å². The first-order valence-electron chi connectivity index (χ1n) is 9.20. The Balaban J connectivity index is 2.00.